The first kappa shape index (κ1) is 17.4. The summed E-state index contributed by atoms with van der Waals surface area (Å²) < 4.78 is 2.32. The molecule has 7 nitrogen and oxygen atoms in total. The largest absolute Gasteiger partial charge is 0.368 e. The average Bonchev–Trinajstić information content (AvgIpc) is 3.38. The van der Waals surface area contributed by atoms with Crippen LogP contribution in [0.3, 0.4) is 0 Å². The molecular weight excluding hydrogens is 350 g/mol. The van der Waals surface area contributed by atoms with E-state index in [9.17, 15) is 0 Å². The number of likely N-dealkylation sites (N-methyl/N-ethyl adjacent to an activating group) is 1. The van der Waals surface area contributed by atoms with E-state index in [1.165, 1.54) is 31.4 Å². The summed E-state index contributed by atoms with van der Waals surface area (Å²) >= 11 is 0. The number of piperazine rings is 1. The van der Waals surface area contributed by atoms with E-state index in [-0.39, 0.29) is 0 Å². The van der Waals surface area contributed by atoms with E-state index < -0.39 is 0 Å². The van der Waals surface area contributed by atoms with Crippen molar-refractivity contribution in [3.63, 3.8) is 0 Å². The molecule has 0 bridgehead atoms. The van der Waals surface area contributed by atoms with Crippen LogP contribution in [0.1, 0.15) is 31.7 Å². The van der Waals surface area contributed by atoms with Crippen molar-refractivity contribution in [3.8, 4) is 0 Å². The van der Waals surface area contributed by atoms with E-state index >= 15 is 0 Å². The Bertz CT molecular complexity index is 935. The highest BCUT2D eigenvalue weighted by molar-refractivity contribution is 5.77. The van der Waals surface area contributed by atoms with Gasteiger partial charge in [-0.2, -0.15) is 4.98 Å². The van der Waals surface area contributed by atoms with Gasteiger partial charge in [-0.3, -0.25) is 0 Å². The van der Waals surface area contributed by atoms with Gasteiger partial charge < -0.3 is 19.7 Å². The third-order valence-corrected chi connectivity index (χ3v) is 6.03. The molecule has 7 heteroatoms. The molecule has 2 fully saturated rings. The Labute approximate surface area is 165 Å². The highest BCUT2D eigenvalue weighted by Crippen LogP contribution is 2.32. The SMILES string of the molecule is CN1CCN(c2ccc(Nc3ncc4ccn(C5CCCC5)c4n3)nc2)CC1. The number of nitrogens with zero attached hydrogens (tertiary/aromatic N) is 6. The van der Waals surface area contributed by atoms with Crippen molar-refractivity contribution < 1.29 is 0 Å². The second-order valence-electron chi connectivity index (χ2n) is 7.95. The van der Waals surface area contributed by atoms with E-state index in [0.29, 0.717) is 12.0 Å². The molecule has 0 aromatic carbocycles. The van der Waals surface area contributed by atoms with Crippen LogP contribution in [0.4, 0.5) is 17.5 Å². The normalized spacial score (nSPS) is 18.8. The molecule has 0 unspecified atom stereocenters. The number of nitrogens with one attached hydrogen (secondary N) is 1. The van der Waals surface area contributed by atoms with E-state index in [4.69, 9.17) is 4.98 Å². The van der Waals surface area contributed by atoms with Gasteiger partial charge in [0.25, 0.3) is 0 Å². The maximum Gasteiger partial charge on any atom is 0.230 e. The lowest BCUT2D eigenvalue weighted by Gasteiger charge is -2.33. The molecule has 0 spiro atoms. The van der Waals surface area contributed by atoms with Crippen molar-refractivity contribution in [2.24, 2.45) is 0 Å². The molecule has 1 aliphatic heterocycles. The lowest BCUT2D eigenvalue weighted by Crippen LogP contribution is -2.44. The molecule has 5 rings (SSSR count). The summed E-state index contributed by atoms with van der Waals surface area (Å²) in [7, 11) is 2.17. The average molecular weight is 377 g/mol. The van der Waals surface area contributed by atoms with Gasteiger partial charge in [-0.25, -0.2) is 9.97 Å². The Hall–Kier alpha value is -2.67. The van der Waals surface area contributed by atoms with Gasteiger partial charge in [0.05, 0.1) is 11.9 Å². The molecule has 1 saturated heterocycles. The summed E-state index contributed by atoms with van der Waals surface area (Å²) in [6, 6.07) is 6.82. The topological polar surface area (TPSA) is 62.1 Å². The lowest BCUT2D eigenvalue weighted by molar-refractivity contribution is 0.313. The van der Waals surface area contributed by atoms with E-state index in [1.807, 2.05) is 18.5 Å². The minimum absolute atomic E-state index is 0.571. The summed E-state index contributed by atoms with van der Waals surface area (Å²) in [4.78, 5) is 18.6. The first-order valence-electron chi connectivity index (χ1n) is 10.3. The van der Waals surface area contributed by atoms with Gasteiger partial charge in [-0.15, -0.1) is 0 Å². The predicted molar refractivity (Wildman–Crippen MR) is 112 cm³/mol. The van der Waals surface area contributed by atoms with Gasteiger partial charge in [0.2, 0.25) is 5.95 Å². The lowest BCUT2D eigenvalue weighted by atomic mass is 10.2. The quantitative estimate of drug-likeness (QED) is 0.752. The molecule has 0 atom stereocenters. The zero-order valence-corrected chi connectivity index (χ0v) is 16.4. The van der Waals surface area contributed by atoms with Crippen molar-refractivity contribution in [2.45, 2.75) is 31.7 Å². The summed E-state index contributed by atoms with van der Waals surface area (Å²) in [6.07, 6.45) is 11.1. The van der Waals surface area contributed by atoms with E-state index in [2.05, 4.69) is 55.0 Å². The summed E-state index contributed by atoms with van der Waals surface area (Å²) in [5.41, 5.74) is 2.18. The minimum Gasteiger partial charge on any atom is -0.368 e. The molecule has 2 aliphatic rings. The van der Waals surface area contributed by atoms with Gasteiger partial charge in [0, 0.05) is 50.0 Å². The van der Waals surface area contributed by atoms with E-state index in [1.54, 1.807) is 0 Å². The van der Waals surface area contributed by atoms with Crippen molar-refractivity contribution in [3.05, 3.63) is 36.8 Å². The first-order chi connectivity index (χ1) is 13.8. The fraction of sp³-hybridized carbons (Fsp3) is 0.476. The van der Waals surface area contributed by atoms with Crippen LogP contribution in [0, 0.1) is 0 Å². The fourth-order valence-electron chi connectivity index (χ4n) is 4.30. The number of anilines is 3. The first-order valence-corrected chi connectivity index (χ1v) is 10.3. The Morgan fingerprint density at radius 3 is 2.54 bits per heavy atom. The molecule has 0 radical (unpaired) electrons. The third-order valence-electron chi connectivity index (χ3n) is 6.03. The van der Waals surface area contributed by atoms with Crippen molar-refractivity contribution in [2.75, 3.05) is 43.4 Å². The van der Waals surface area contributed by atoms with Crippen molar-refractivity contribution >= 4 is 28.5 Å². The Morgan fingerprint density at radius 1 is 0.964 bits per heavy atom. The van der Waals surface area contributed by atoms with Crippen LogP contribution in [0.5, 0.6) is 0 Å². The summed E-state index contributed by atoms with van der Waals surface area (Å²) in [6.45, 7) is 4.27. The van der Waals surface area contributed by atoms with Gasteiger partial charge in [0.15, 0.2) is 0 Å². The molecule has 0 amide bonds. The maximum absolute atomic E-state index is 4.78. The number of hydrogen-bond acceptors (Lipinski definition) is 6. The zero-order chi connectivity index (χ0) is 18.9. The highest BCUT2D eigenvalue weighted by Gasteiger charge is 2.19. The second kappa shape index (κ2) is 7.39. The van der Waals surface area contributed by atoms with Crippen LogP contribution < -0.4 is 10.2 Å². The number of fused-ring (bicyclic) bond motifs is 1. The molecule has 1 saturated carbocycles. The van der Waals surface area contributed by atoms with Crippen molar-refractivity contribution in [1.29, 1.82) is 0 Å². The molecule has 4 heterocycles. The molecular formula is C21H27N7. The number of pyridine rings is 1. The smallest absolute Gasteiger partial charge is 0.230 e. The number of aromatic nitrogens is 4. The van der Waals surface area contributed by atoms with Crippen LogP contribution in [-0.2, 0) is 0 Å². The molecule has 28 heavy (non-hydrogen) atoms. The fourth-order valence-corrected chi connectivity index (χ4v) is 4.30. The highest BCUT2D eigenvalue weighted by atomic mass is 15.3. The van der Waals surface area contributed by atoms with Gasteiger partial charge in [-0.05, 0) is 38.1 Å². The van der Waals surface area contributed by atoms with Crippen LogP contribution in [-0.4, -0.2) is 57.6 Å². The molecule has 3 aromatic rings. The maximum atomic E-state index is 4.78. The number of rotatable bonds is 4. The summed E-state index contributed by atoms with van der Waals surface area (Å²) in [5.74, 6) is 1.38. The Morgan fingerprint density at radius 2 is 1.79 bits per heavy atom. The Balaban J connectivity index is 1.32. The van der Waals surface area contributed by atoms with Gasteiger partial charge in [-0.1, -0.05) is 12.8 Å². The standard InChI is InChI=1S/C21H27N7/c1-26-10-12-27(13-11-26)18-6-7-19(22-15-18)24-21-23-14-16-8-9-28(20(16)25-21)17-4-2-3-5-17/h6-9,14-15,17H,2-5,10-13H2,1H3,(H,22,23,24,25). The monoisotopic (exact) mass is 377 g/mol. The van der Waals surface area contributed by atoms with Gasteiger partial charge >= 0.3 is 0 Å². The zero-order valence-electron chi connectivity index (χ0n) is 16.4. The summed E-state index contributed by atoms with van der Waals surface area (Å²) in [5, 5.41) is 4.36. The second-order valence-corrected chi connectivity index (χ2v) is 7.95. The Kier molecular flexibility index (Phi) is 4.60. The third kappa shape index (κ3) is 3.42. The predicted octanol–water partition coefficient (Wildman–Crippen LogP) is 3.44. The van der Waals surface area contributed by atoms with Crippen LogP contribution >= 0.6 is 0 Å². The molecule has 1 aliphatic carbocycles. The molecule has 3 aromatic heterocycles. The van der Waals surface area contributed by atoms with Crippen molar-refractivity contribution in [1.82, 2.24) is 24.4 Å². The van der Waals surface area contributed by atoms with Crippen LogP contribution in [0.2, 0.25) is 0 Å². The minimum atomic E-state index is 0.571. The molecule has 146 valence electrons. The molecule has 1 N–H and O–H groups in total. The van der Waals surface area contributed by atoms with Crippen LogP contribution in [0.25, 0.3) is 11.0 Å². The van der Waals surface area contributed by atoms with E-state index in [0.717, 1.165) is 43.0 Å². The van der Waals surface area contributed by atoms with Gasteiger partial charge in [0.1, 0.15) is 11.5 Å². The number of hydrogen-bond donors (Lipinski definition) is 1. The van der Waals surface area contributed by atoms with Crippen LogP contribution in [0.15, 0.2) is 36.8 Å².